The quantitative estimate of drug-likeness (QED) is 0.576. The predicted molar refractivity (Wildman–Crippen MR) is 136 cm³/mol. The van der Waals surface area contributed by atoms with Crippen LogP contribution in [-0.2, 0) is 0 Å². The molecule has 3 aromatic rings. The van der Waals surface area contributed by atoms with E-state index in [4.69, 9.17) is 27.3 Å². The molecule has 0 radical (unpaired) electrons. The second-order valence-electron chi connectivity index (χ2n) is 8.97. The summed E-state index contributed by atoms with van der Waals surface area (Å²) in [6.45, 7) is 5.92. The average molecular weight is 496 g/mol. The number of hydrogen-bond donors (Lipinski definition) is 1. The highest BCUT2D eigenvalue weighted by Gasteiger charge is 2.26. The topological polar surface area (TPSA) is 91.5 Å². The molecule has 2 aromatic heterocycles. The smallest absolute Gasteiger partial charge is 0.250 e. The second-order valence-corrected chi connectivity index (χ2v) is 9.38. The average Bonchev–Trinajstić information content (AvgIpc) is 3.30. The summed E-state index contributed by atoms with van der Waals surface area (Å²) in [4.78, 5) is 32.1. The molecule has 2 aliphatic rings. The van der Waals surface area contributed by atoms with Crippen LogP contribution in [0.15, 0.2) is 42.6 Å². The third-order valence-corrected chi connectivity index (χ3v) is 6.94. The molecule has 182 valence electrons. The maximum Gasteiger partial charge on any atom is 0.250 e. The maximum atomic E-state index is 13.5. The van der Waals surface area contributed by atoms with Crippen LogP contribution in [0, 0.1) is 5.82 Å². The Labute approximate surface area is 208 Å². The van der Waals surface area contributed by atoms with Gasteiger partial charge in [0.25, 0.3) is 0 Å². The lowest BCUT2D eigenvalue weighted by molar-refractivity contribution is 0.1000. The number of primary amides is 1. The highest BCUT2D eigenvalue weighted by Crippen LogP contribution is 2.30. The fraction of sp³-hybridized carbons (Fsp3) is 0.360. The van der Waals surface area contributed by atoms with Gasteiger partial charge in [-0.2, -0.15) is 4.98 Å². The van der Waals surface area contributed by atoms with Crippen LogP contribution in [0.2, 0.25) is 5.02 Å². The van der Waals surface area contributed by atoms with Crippen LogP contribution >= 0.6 is 11.6 Å². The number of carbonyl (C=O) groups is 1. The molecule has 8 nitrogen and oxygen atoms in total. The summed E-state index contributed by atoms with van der Waals surface area (Å²) in [5.41, 5.74) is 7.25. The van der Waals surface area contributed by atoms with Gasteiger partial charge in [0, 0.05) is 56.6 Å². The van der Waals surface area contributed by atoms with Gasteiger partial charge in [0.2, 0.25) is 11.9 Å². The number of halogens is 2. The highest BCUT2D eigenvalue weighted by molar-refractivity contribution is 6.33. The standard InChI is InChI=1S/C25H27ClFN7O/c1-16-3-2-8-34(16)25-30-21(17-4-6-19(27)7-5-17)14-22(31-25)32-9-11-33(12-10-32)24-20(26)13-18(15-29-24)23(28)35/h4-7,13-16H,2-3,8-12H2,1H3,(H2,28,35). The van der Waals surface area contributed by atoms with Gasteiger partial charge in [0.05, 0.1) is 16.3 Å². The second kappa shape index (κ2) is 9.65. The van der Waals surface area contributed by atoms with Gasteiger partial charge in [-0.15, -0.1) is 0 Å². The molecule has 5 rings (SSSR count). The van der Waals surface area contributed by atoms with Crippen LogP contribution in [0.25, 0.3) is 11.3 Å². The Morgan fingerprint density at radius 1 is 1.06 bits per heavy atom. The van der Waals surface area contributed by atoms with Gasteiger partial charge in [0.1, 0.15) is 17.5 Å². The number of aromatic nitrogens is 3. The third kappa shape index (κ3) is 4.86. The summed E-state index contributed by atoms with van der Waals surface area (Å²) >= 11 is 6.39. The molecule has 1 amide bonds. The van der Waals surface area contributed by atoms with Crippen molar-refractivity contribution in [3.05, 3.63) is 59.0 Å². The van der Waals surface area contributed by atoms with Gasteiger partial charge in [0.15, 0.2) is 0 Å². The van der Waals surface area contributed by atoms with Gasteiger partial charge < -0.3 is 20.4 Å². The van der Waals surface area contributed by atoms with Crippen LogP contribution in [0.3, 0.4) is 0 Å². The summed E-state index contributed by atoms with van der Waals surface area (Å²) in [6.07, 6.45) is 3.68. The van der Waals surface area contributed by atoms with E-state index in [2.05, 4.69) is 26.6 Å². The van der Waals surface area contributed by atoms with Crippen LogP contribution < -0.4 is 20.4 Å². The van der Waals surface area contributed by atoms with Gasteiger partial charge in [-0.25, -0.2) is 14.4 Å². The zero-order valence-electron chi connectivity index (χ0n) is 19.5. The van der Waals surface area contributed by atoms with Crippen LogP contribution in [0.1, 0.15) is 30.1 Å². The first kappa shape index (κ1) is 23.3. The number of anilines is 3. The molecule has 0 spiro atoms. The molecular formula is C25H27ClFN7O. The zero-order valence-corrected chi connectivity index (χ0v) is 20.2. The largest absolute Gasteiger partial charge is 0.366 e. The van der Waals surface area contributed by atoms with Crippen molar-refractivity contribution in [1.82, 2.24) is 15.0 Å². The number of amides is 1. The first-order chi connectivity index (χ1) is 16.9. The molecule has 2 N–H and O–H groups in total. The van der Waals surface area contributed by atoms with E-state index in [1.54, 1.807) is 18.2 Å². The molecule has 1 atom stereocenters. The van der Waals surface area contributed by atoms with Crippen LogP contribution in [0.5, 0.6) is 0 Å². The minimum absolute atomic E-state index is 0.274. The van der Waals surface area contributed by atoms with Crippen molar-refractivity contribution in [2.45, 2.75) is 25.8 Å². The van der Waals surface area contributed by atoms with Crippen LogP contribution in [-0.4, -0.2) is 59.6 Å². The lowest BCUT2D eigenvalue weighted by atomic mass is 10.1. The SMILES string of the molecule is CC1CCCN1c1nc(-c2ccc(F)cc2)cc(N2CCN(c3ncc(C(N)=O)cc3Cl)CC2)n1. The summed E-state index contributed by atoms with van der Waals surface area (Å²) in [5, 5.41) is 0.403. The third-order valence-electron chi connectivity index (χ3n) is 6.66. The summed E-state index contributed by atoms with van der Waals surface area (Å²) in [5.74, 6) is 1.36. The number of benzene rings is 1. The van der Waals surface area contributed by atoms with Crippen LogP contribution in [0.4, 0.5) is 22.0 Å². The fourth-order valence-electron chi connectivity index (χ4n) is 4.66. The normalized spacial score (nSPS) is 18.3. The monoisotopic (exact) mass is 495 g/mol. The van der Waals surface area contributed by atoms with Gasteiger partial charge in [-0.3, -0.25) is 4.79 Å². The number of hydrogen-bond acceptors (Lipinski definition) is 7. The van der Waals surface area contributed by atoms with Gasteiger partial charge in [-0.1, -0.05) is 11.6 Å². The molecule has 35 heavy (non-hydrogen) atoms. The predicted octanol–water partition coefficient (Wildman–Crippen LogP) is 3.75. The molecular weight excluding hydrogens is 469 g/mol. The Hall–Kier alpha value is -3.46. The number of piperazine rings is 1. The number of carbonyl (C=O) groups excluding carboxylic acids is 1. The lowest BCUT2D eigenvalue weighted by Crippen LogP contribution is -2.47. The van der Waals surface area contributed by atoms with Gasteiger partial charge in [-0.05, 0) is 50.1 Å². The van der Waals surface area contributed by atoms with E-state index in [0.717, 1.165) is 36.5 Å². The van der Waals surface area contributed by atoms with Gasteiger partial charge >= 0.3 is 0 Å². The Kier molecular flexibility index (Phi) is 6.42. The van der Waals surface area contributed by atoms with E-state index in [1.807, 2.05) is 6.07 Å². The summed E-state index contributed by atoms with van der Waals surface area (Å²) in [6, 6.07) is 10.3. The Morgan fingerprint density at radius 3 is 2.40 bits per heavy atom. The summed E-state index contributed by atoms with van der Waals surface area (Å²) < 4.78 is 13.5. The molecule has 4 heterocycles. The molecule has 0 aliphatic carbocycles. The van der Waals surface area contributed by atoms with Crippen molar-refractivity contribution in [3.63, 3.8) is 0 Å². The minimum Gasteiger partial charge on any atom is -0.366 e. The molecule has 0 bridgehead atoms. The molecule has 0 saturated carbocycles. The lowest BCUT2D eigenvalue weighted by Gasteiger charge is -2.37. The summed E-state index contributed by atoms with van der Waals surface area (Å²) in [7, 11) is 0. The molecule has 1 unspecified atom stereocenters. The first-order valence-electron chi connectivity index (χ1n) is 11.8. The highest BCUT2D eigenvalue weighted by atomic mass is 35.5. The minimum atomic E-state index is -0.556. The molecule has 2 saturated heterocycles. The maximum absolute atomic E-state index is 13.5. The molecule has 2 fully saturated rings. The van der Waals surface area contributed by atoms with Crippen molar-refractivity contribution in [1.29, 1.82) is 0 Å². The van der Waals surface area contributed by atoms with E-state index in [-0.39, 0.29) is 11.4 Å². The van der Waals surface area contributed by atoms with E-state index in [0.29, 0.717) is 49.0 Å². The zero-order chi connectivity index (χ0) is 24.5. The van der Waals surface area contributed by atoms with Crippen molar-refractivity contribution < 1.29 is 9.18 Å². The number of pyridine rings is 1. The van der Waals surface area contributed by atoms with Crippen molar-refractivity contribution in [2.75, 3.05) is 47.4 Å². The Bertz CT molecular complexity index is 1230. The first-order valence-corrected chi connectivity index (χ1v) is 12.1. The fourth-order valence-corrected chi connectivity index (χ4v) is 4.94. The van der Waals surface area contributed by atoms with E-state index >= 15 is 0 Å². The number of nitrogens with zero attached hydrogens (tertiary/aromatic N) is 6. The van der Waals surface area contributed by atoms with Crippen molar-refractivity contribution in [2.24, 2.45) is 5.73 Å². The van der Waals surface area contributed by atoms with Crippen molar-refractivity contribution in [3.8, 4) is 11.3 Å². The molecule has 1 aromatic carbocycles. The Balaban J connectivity index is 1.40. The van der Waals surface area contributed by atoms with E-state index in [1.165, 1.54) is 18.3 Å². The van der Waals surface area contributed by atoms with E-state index < -0.39 is 5.91 Å². The molecule has 2 aliphatic heterocycles. The number of rotatable bonds is 5. The molecule has 10 heteroatoms. The van der Waals surface area contributed by atoms with E-state index in [9.17, 15) is 9.18 Å². The Morgan fingerprint density at radius 2 is 1.77 bits per heavy atom. The van der Waals surface area contributed by atoms with Crippen molar-refractivity contribution >= 4 is 35.1 Å². The number of nitrogens with two attached hydrogens (primary N) is 1.